The predicted octanol–water partition coefficient (Wildman–Crippen LogP) is 5.18. The Kier molecular flexibility index (Phi) is 3.08. The first-order chi connectivity index (χ1) is 10.9. The zero-order chi connectivity index (χ0) is 14.9. The van der Waals surface area contributed by atoms with Gasteiger partial charge in [-0.3, -0.25) is 0 Å². The van der Waals surface area contributed by atoms with E-state index in [1.54, 1.807) is 0 Å². The van der Waals surface area contributed by atoms with Gasteiger partial charge in [0.15, 0.2) is 0 Å². The van der Waals surface area contributed by atoms with Crippen LogP contribution in [0.4, 0.5) is 0 Å². The van der Waals surface area contributed by atoms with Crippen molar-refractivity contribution >= 4 is 21.8 Å². The average molecular weight is 287 g/mol. The Labute approximate surface area is 129 Å². The highest BCUT2D eigenvalue weighted by Gasteiger charge is 2.10. The number of fused-ring (bicyclic) bond motifs is 3. The van der Waals surface area contributed by atoms with Gasteiger partial charge >= 0.3 is 0 Å². The average Bonchev–Trinajstić information content (AvgIpc) is 2.91. The number of hydrogen-bond acceptors (Lipinski definition) is 1. The molecule has 0 aliphatic rings. The van der Waals surface area contributed by atoms with E-state index in [0.717, 1.165) is 11.4 Å². The van der Waals surface area contributed by atoms with Crippen molar-refractivity contribution in [1.29, 1.82) is 0 Å². The molecule has 22 heavy (non-hydrogen) atoms. The number of aromatic nitrogens is 1. The van der Waals surface area contributed by atoms with Crippen molar-refractivity contribution in [3.8, 4) is 11.4 Å². The number of rotatable bonds is 3. The van der Waals surface area contributed by atoms with Crippen LogP contribution in [0.1, 0.15) is 6.92 Å². The van der Waals surface area contributed by atoms with Crippen molar-refractivity contribution in [2.75, 3.05) is 6.61 Å². The van der Waals surface area contributed by atoms with Crippen LogP contribution in [0.2, 0.25) is 0 Å². The second-order valence-electron chi connectivity index (χ2n) is 5.30. The molecule has 4 aromatic rings. The second kappa shape index (κ2) is 5.23. The van der Waals surface area contributed by atoms with Crippen molar-refractivity contribution in [2.24, 2.45) is 0 Å². The summed E-state index contributed by atoms with van der Waals surface area (Å²) in [7, 11) is 0. The number of para-hydroxylation sites is 2. The van der Waals surface area contributed by atoms with Crippen LogP contribution in [0.15, 0.2) is 72.8 Å². The Morgan fingerprint density at radius 3 is 1.82 bits per heavy atom. The third kappa shape index (κ3) is 1.96. The Morgan fingerprint density at radius 1 is 0.727 bits per heavy atom. The summed E-state index contributed by atoms with van der Waals surface area (Å²) in [5.41, 5.74) is 3.61. The molecule has 0 aliphatic heterocycles. The van der Waals surface area contributed by atoms with Crippen molar-refractivity contribution < 1.29 is 4.74 Å². The first-order valence-electron chi connectivity index (χ1n) is 7.60. The van der Waals surface area contributed by atoms with Gasteiger partial charge in [0.25, 0.3) is 0 Å². The maximum absolute atomic E-state index is 5.54. The molecular weight excluding hydrogens is 270 g/mol. The smallest absolute Gasteiger partial charge is 0.119 e. The van der Waals surface area contributed by atoms with Crippen molar-refractivity contribution in [3.05, 3.63) is 72.8 Å². The molecule has 0 aliphatic carbocycles. The molecule has 2 heteroatoms. The van der Waals surface area contributed by atoms with Crippen molar-refractivity contribution in [3.63, 3.8) is 0 Å². The molecule has 4 rings (SSSR count). The van der Waals surface area contributed by atoms with Crippen LogP contribution in [0.5, 0.6) is 5.75 Å². The van der Waals surface area contributed by atoms with Crippen LogP contribution in [-0.2, 0) is 0 Å². The molecular formula is C20H17NO. The fourth-order valence-electron chi connectivity index (χ4n) is 3.06. The third-order valence-corrected chi connectivity index (χ3v) is 3.99. The zero-order valence-corrected chi connectivity index (χ0v) is 12.5. The van der Waals surface area contributed by atoms with E-state index in [2.05, 4.69) is 65.2 Å². The number of benzene rings is 3. The molecule has 0 radical (unpaired) electrons. The van der Waals surface area contributed by atoms with Crippen molar-refractivity contribution in [2.45, 2.75) is 6.92 Å². The van der Waals surface area contributed by atoms with Gasteiger partial charge in [-0.1, -0.05) is 36.4 Å². The van der Waals surface area contributed by atoms with Gasteiger partial charge in [0.1, 0.15) is 5.75 Å². The first-order valence-corrected chi connectivity index (χ1v) is 7.60. The number of hydrogen-bond donors (Lipinski definition) is 0. The Bertz CT molecular complexity index is 882. The summed E-state index contributed by atoms with van der Waals surface area (Å²) in [6, 6.07) is 25.4. The quantitative estimate of drug-likeness (QED) is 0.506. The van der Waals surface area contributed by atoms with Crippen LogP contribution in [0, 0.1) is 0 Å². The summed E-state index contributed by atoms with van der Waals surface area (Å²) in [5, 5.41) is 2.57. The summed E-state index contributed by atoms with van der Waals surface area (Å²) >= 11 is 0. The molecule has 1 heterocycles. The fourth-order valence-corrected chi connectivity index (χ4v) is 3.06. The Morgan fingerprint density at radius 2 is 1.27 bits per heavy atom. The standard InChI is InChI=1S/C20H17NO/c1-2-22-16-13-11-15(12-14-16)21-19-9-5-3-7-17(19)18-8-4-6-10-20(18)21/h3-14H,2H2,1H3. The number of nitrogens with zero attached hydrogens (tertiary/aromatic N) is 1. The van der Waals surface area contributed by atoms with E-state index in [1.165, 1.54) is 21.8 Å². The monoisotopic (exact) mass is 287 g/mol. The minimum atomic E-state index is 0.689. The summed E-state index contributed by atoms with van der Waals surface area (Å²) in [4.78, 5) is 0. The van der Waals surface area contributed by atoms with Crippen LogP contribution < -0.4 is 4.74 Å². The van der Waals surface area contributed by atoms with Gasteiger partial charge in [0, 0.05) is 16.5 Å². The van der Waals surface area contributed by atoms with E-state index in [-0.39, 0.29) is 0 Å². The highest BCUT2D eigenvalue weighted by molar-refractivity contribution is 6.09. The Balaban J connectivity index is 1.99. The molecule has 0 saturated carbocycles. The van der Waals surface area contributed by atoms with Crippen LogP contribution in [0.3, 0.4) is 0 Å². The molecule has 1 aromatic heterocycles. The van der Waals surface area contributed by atoms with Gasteiger partial charge in [-0.25, -0.2) is 0 Å². The van der Waals surface area contributed by atoms with Gasteiger partial charge in [0.05, 0.1) is 17.6 Å². The van der Waals surface area contributed by atoms with Gasteiger partial charge in [-0.15, -0.1) is 0 Å². The molecule has 2 nitrogen and oxygen atoms in total. The predicted molar refractivity (Wildman–Crippen MR) is 92.0 cm³/mol. The van der Waals surface area contributed by atoms with E-state index in [0.29, 0.717) is 6.61 Å². The van der Waals surface area contributed by atoms with Crippen LogP contribution in [0.25, 0.3) is 27.5 Å². The third-order valence-electron chi connectivity index (χ3n) is 3.99. The minimum Gasteiger partial charge on any atom is -0.494 e. The molecule has 0 spiro atoms. The molecule has 0 saturated heterocycles. The SMILES string of the molecule is CCOc1ccc(-n2c3ccccc3c3ccccc32)cc1. The summed E-state index contributed by atoms with van der Waals surface area (Å²) in [6.45, 7) is 2.69. The fraction of sp³-hybridized carbons (Fsp3) is 0.100. The van der Waals surface area contributed by atoms with E-state index in [4.69, 9.17) is 4.74 Å². The summed E-state index contributed by atoms with van der Waals surface area (Å²) in [6.07, 6.45) is 0. The minimum absolute atomic E-state index is 0.689. The van der Waals surface area contributed by atoms with Gasteiger partial charge in [-0.05, 0) is 43.3 Å². The molecule has 0 fully saturated rings. The van der Waals surface area contributed by atoms with Gasteiger partial charge < -0.3 is 9.30 Å². The highest BCUT2D eigenvalue weighted by atomic mass is 16.5. The maximum Gasteiger partial charge on any atom is 0.119 e. The maximum atomic E-state index is 5.54. The highest BCUT2D eigenvalue weighted by Crippen LogP contribution is 2.32. The largest absolute Gasteiger partial charge is 0.494 e. The van der Waals surface area contributed by atoms with E-state index >= 15 is 0 Å². The first kappa shape index (κ1) is 13.0. The normalized spacial score (nSPS) is 11.1. The van der Waals surface area contributed by atoms with Gasteiger partial charge in [0.2, 0.25) is 0 Å². The lowest BCUT2D eigenvalue weighted by Crippen LogP contribution is -1.95. The Hall–Kier alpha value is -2.74. The van der Waals surface area contributed by atoms with Crippen molar-refractivity contribution in [1.82, 2.24) is 4.57 Å². The van der Waals surface area contributed by atoms with E-state index in [1.807, 2.05) is 19.1 Å². The lowest BCUT2D eigenvalue weighted by molar-refractivity contribution is 0.340. The molecule has 3 aromatic carbocycles. The van der Waals surface area contributed by atoms with Crippen LogP contribution in [-0.4, -0.2) is 11.2 Å². The topological polar surface area (TPSA) is 14.2 Å². The number of ether oxygens (including phenoxy) is 1. The lowest BCUT2D eigenvalue weighted by Gasteiger charge is -2.09. The molecule has 108 valence electrons. The van der Waals surface area contributed by atoms with E-state index < -0.39 is 0 Å². The van der Waals surface area contributed by atoms with E-state index in [9.17, 15) is 0 Å². The molecule has 0 unspecified atom stereocenters. The van der Waals surface area contributed by atoms with Gasteiger partial charge in [-0.2, -0.15) is 0 Å². The molecule has 0 atom stereocenters. The lowest BCUT2D eigenvalue weighted by atomic mass is 10.2. The second-order valence-corrected chi connectivity index (χ2v) is 5.30. The molecule has 0 amide bonds. The molecule has 0 N–H and O–H groups in total. The summed E-state index contributed by atoms with van der Waals surface area (Å²) < 4.78 is 7.85. The summed E-state index contributed by atoms with van der Waals surface area (Å²) in [5.74, 6) is 0.909. The molecule has 0 bridgehead atoms. The van der Waals surface area contributed by atoms with Crippen LogP contribution >= 0.6 is 0 Å². The zero-order valence-electron chi connectivity index (χ0n) is 12.5.